The summed E-state index contributed by atoms with van der Waals surface area (Å²) >= 11 is 0. The SMILES string of the molecule is CCC1NCC(=O)N1CCOCCN(C)C. The van der Waals surface area contributed by atoms with E-state index < -0.39 is 0 Å². The number of carbonyl (C=O) groups is 1. The topological polar surface area (TPSA) is 44.8 Å². The van der Waals surface area contributed by atoms with Crippen molar-refractivity contribution in [1.29, 1.82) is 0 Å². The molecule has 0 saturated carbocycles. The molecule has 1 unspecified atom stereocenters. The van der Waals surface area contributed by atoms with E-state index in [0.717, 1.165) is 19.6 Å². The van der Waals surface area contributed by atoms with Crippen molar-refractivity contribution in [3.63, 3.8) is 0 Å². The van der Waals surface area contributed by atoms with E-state index in [2.05, 4.69) is 17.1 Å². The second kappa shape index (κ2) is 6.83. The van der Waals surface area contributed by atoms with Gasteiger partial charge in [0.1, 0.15) is 0 Å². The quantitative estimate of drug-likeness (QED) is 0.611. The smallest absolute Gasteiger partial charge is 0.237 e. The fourth-order valence-corrected chi connectivity index (χ4v) is 1.75. The first-order valence-electron chi connectivity index (χ1n) is 5.90. The van der Waals surface area contributed by atoms with E-state index >= 15 is 0 Å². The normalized spacial score (nSPS) is 21.1. The van der Waals surface area contributed by atoms with E-state index in [-0.39, 0.29) is 12.1 Å². The van der Waals surface area contributed by atoms with E-state index in [0.29, 0.717) is 19.7 Å². The average molecular weight is 229 g/mol. The van der Waals surface area contributed by atoms with Crippen LogP contribution in [0.5, 0.6) is 0 Å². The molecule has 1 fully saturated rings. The van der Waals surface area contributed by atoms with Crippen LogP contribution in [0.4, 0.5) is 0 Å². The highest BCUT2D eigenvalue weighted by molar-refractivity contribution is 5.80. The fourth-order valence-electron chi connectivity index (χ4n) is 1.75. The Labute approximate surface area is 97.7 Å². The summed E-state index contributed by atoms with van der Waals surface area (Å²) in [6.45, 7) is 5.50. The number of ether oxygens (including phenoxy) is 1. The van der Waals surface area contributed by atoms with Crippen molar-refractivity contribution >= 4 is 5.91 Å². The minimum absolute atomic E-state index is 0.183. The zero-order valence-corrected chi connectivity index (χ0v) is 10.5. The molecular formula is C11H23N3O2. The van der Waals surface area contributed by atoms with E-state index in [1.807, 2.05) is 19.0 Å². The lowest BCUT2D eigenvalue weighted by atomic mass is 10.3. The van der Waals surface area contributed by atoms with Gasteiger partial charge in [0.05, 0.1) is 25.9 Å². The van der Waals surface area contributed by atoms with Gasteiger partial charge in [0.25, 0.3) is 0 Å². The van der Waals surface area contributed by atoms with Crippen LogP contribution in [0.25, 0.3) is 0 Å². The van der Waals surface area contributed by atoms with Gasteiger partial charge in [-0.3, -0.25) is 10.1 Å². The lowest BCUT2D eigenvalue weighted by Gasteiger charge is -2.23. The van der Waals surface area contributed by atoms with Crippen molar-refractivity contribution in [3.05, 3.63) is 0 Å². The molecule has 5 heteroatoms. The highest BCUT2D eigenvalue weighted by Gasteiger charge is 2.28. The van der Waals surface area contributed by atoms with Crippen molar-refractivity contribution in [3.8, 4) is 0 Å². The van der Waals surface area contributed by atoms with Crippen LogP contribution in [-0.2, 0) is 9.53 Å². The van der Waals surface area contributed by atoms with Crippen molar-refractivity contribution < 1.29 is 9.53 Å². The molecule has 16 heavy (non-hydrogen) atoms. The molecule has 0 aromatic rings. The molecule has 0 radical (unpaired) electrons. The Kier molecular flexibility index (Phi) is 5.73. The van der Waals surface area contributed by atoms with Gasteiger partial charge >= 0.3 is 0 Å². The van der Waals surface area contributed by atoms with Crippen molar-refractivity contribution in [2.45, 2.75) is 19.5 Å². The minimum Gasteiger partial charge on any atom is -0.378 e. The molecule has 0 aromatic heterocycles. The monoisotopic (exact) mass is 229 g/mol. The van der Waals surface area contributed by atoms with Gasteiger partial charge in [-0.05, 0) is 20.5 Å². The van der Waals surface area contributed by atoms with Crippen LogP contribution in [0.2, 0.25) is 0 Å². The number of hydrogen-bond donors (Lipinski definition) is 1. The molecular weight excluding hydrogens is 206 g/mol. The number of amides is 1. The van der Waals surface area contributed by atoms with Gasteiger partial charge in [-0.25, -0.2) is 0 Å². The first-order valence-corrected chi connectivity index (χ1v) is 5.90. The third kappa shape index (κ3) is 4.08. The molecule has 94 valence electrons. The first kappa shape index (κ1) is 13.4. The molecule has 1 N–H and O–H groups in total. The molecule has 1 amide bonds. The summed E-state index contributed by atoms with van der Waals surface area (Å²) in [6, 6.07) is 0. The molecule has 0 aromatic carbocycles. The number of nitrogens with one attached hydrogen (secondary N) is 1. The maximum atomic E-state index is 11.5. The van der Waals surface area contributed by atoms with Crippen LogP contribution >= 0.6 is 0 Å². The summed E-state index contributed by atoms with van der Waals surface area (Å²) in [4.78, 5) is 15.5. The number of nitrogens with zero attached hydrogens (tertiary/aromatic N) is 2. The van der Waals surface area contributed by atoms with E-state index in [1.165, 1.54) is 0 Å². The standard InChI is InChI=1S/C11H23N3O2/c1-4-10-12-9-11(15)14(10)6-8-16-7-5-13(2)3/h10,12H,4-9H2,1-3H3. The largest absolute Gasteiger partial charge is 0.378 e. The maximum absolute atomic E-state index is 11.5. The fraction of sp³-hybridized carbons (Fsp3) is 0.909. The Morgan fingerprint density at radius 3 is 2.88 bits per heavy atom. The predicted octanol–water partition coefficient (Wildman–Crippen LogP) is -0.267. The van der Waals surface area contributed by atoms with Gasteiger partial charge < -0.3 is 14.5 Å². The van der Waals surface area contributed by atoms with Gasteiger partial charge in [0.2, 0.25) is 5.91 Å². The molecule has 1 heterocycles. The number of rotatable bonds is 7. The van der Waals surface area contributed by atoms with Crippen molar-refractivity contribution in [2.75, 3.05) is 46.9 Å². The third-order valence-electron chi connectivity index (χ3n) is 2.73. The molecule has 1 rings (SSSR count). The third-order valence-corrected chi connectivity index (χ3v) is 2.73. The predicted molar refractivity (Wildman–Crippen MR) is 63.2 cm³/mol. The number of hydrogen-bond acceptors (Lipinski definition) is 4. The van der Waals surface area contributed by atoms with Gasteiger partial charge in [-0.15, -0.1) is 0 Å². The van der Waals surface area contributed by atoms with Gasteiger partial charge in [-0.1, -0.05) is 6.92 Å². The lowest BCUT2D eigenvalue weighted by Crippen LogP contribution is -2.39. The summed E-state index contributed by atoms with van der Waals surface area (Å²) in [6.07, 6.45) is 1.15. The minimum atomic E-state index is 0.183. The number of carbonyl (C=O) groups excluding carboxylic acids is 1. The molecule has 0 spiro atoms. The van der Waals surface area contributed by atoms with Gasteiger partial charge in [-0.2, -0.15) is 0 Å². The molecule has 5 nitrogen and oxygen atoms in total. The second-order valence-electron chi connectivity index (χ2n) is 4.31. The Morgan fingerprint density at radius 2 is 2.25 bits per heavy atom. The zero-order chi connectivity index (χ0) is 12.0. The average Bonchev–Trinajstić information content (AvgIpc) is 2.59. The summed E-state index contributed by atoms with van der Waals surface area (Å²) in [5.41, 5.74) is 0. The van der Waals surface area contributed by atoms with E-state index in [4.69, 9.17) is 4.74 Å². The van der Waals surface area contributed by atoms with Crippen molar-refractivity contribution in [1.82, 2.24) is 15.1 Å². The highest BCUT2D eigenvalue weighted by Crippen LogP contribution is 2.07. The van der Waals surface area contributed by atoms with Crippen LogP contribution in [0.15, 0.2) is 0 Å². The van der Waals surface area contributed by atoms with Gasteiger partial charge in [0.15, 0.2) is 0 Å². The maximum Gasteiger partial charge on any atom is 0.237 e. The van der Waals surface area contributed by atoms with E-state index in [1.54, 1.807) is 0 Å². The summed E-state index contributed by atoms with van der Waals surface area (Å²) < 4.78 is 5.48. The van der Waals surface area contributed by atoms with Crippen LogP contribution in [-0.4, -0.2) is 68.8 Å². The first-order chi connectivity index (χ1) is 7.65. The summed E-state index contributed by atoms with van der Waals surface area (Å²) in [5.74, 6) is 0.183. The van der Waals surface area contributed by atoms with Crippen LogP contribution in [0.1, 0.15) is 13.3 Å². The molecule has 1 aliphatic rings. The van der Waals surface area contributed by atoms with Crippen LogP contribution in [0.3, 0.4) is 0 Å². The molecule has 1 aliphatic heterocycles. The van der Waals surface area contributed by atoms with Crippen molar-refractivity contribution in [2.24, 2.45) is 0 Å². The Hall–Kier alpha value is -0.650. The zero-order valence-electron chi connectivity index (χ0n) is 10.5. The Balaban J connectivity index is 2.13. The van der Waals surface area contributed by atoms with E-state index in [9.17, 15) is 4.79 Å². The summed E-state index contributed by atoms with van der Waals surface area (Å²) in [7, 11) is 4.04. The van der Waals surface area contributed by atoms with Gasteiger partial charge in [0, 0.05) is 13.1 Å². The van der Waals surface area contributed by atoms with Crippen LogP contribution in [0, 0.1) is 0 Å². The number of likely N-dealkylation sites (N-methyl/N-ethyl adjacent to an activating group) is 1. The molecule has 0 bridgehead atoms. The molecule has 1 saturated heterocycles. The summed E-state index contributed by atoms with van der Waals surface area (Å²) in [5, 5.41) is 3.18. The highest BCUT2D eigenvalue weighted by atomic mass is 16.5. The molecule has 1 atom stereocenters. The Morgan fingerprint density at radius 1 is 1.50 bits per heavy atom. The molecule has 0 aliphatic carbocycles. The van der Waals surface area contributed by atoms with Crippen LogP contribution < -0.4 is 5.32 Å². The Bertz CT molecular complexity index is 221. The lowest BCUT2D eigenvalue weighted by molar-refractivity contribution is -0.128. The second-order valence-corrected chi connectivity index (χ2v) is 4.31.